The number of carbonyl (C=O) groups is 1. The summed E-state index contributed by atoms with van der Waals surface area (Å²) in [6.45, 7) is 1.65. The molecule has 3 N–H and O–H groups in total. The van der Waals surface area contributed by atoms with Gasteiger partial charge >= 0.3 is 0 Å². The van der Waals surface area contributed by atoms with Gasteiger partial charge in [0, 0.05) is 16.6 Å². The van der Waals surface area contributed by atoms with Crippen molar-refractivity contribution in [3.63, 3.8) is 0 Å². The van der Waals surface area contributed by atoms with Gasteiger partial charge < -0.3 is 5.32 Å². The van der Waals surface area contributed by atoms with Crippen LogP contribution < -0.4 is 10.5 Å². The number of nitrogens with zero attached hydrogens (tertiary/aromatic N) is 1. The molecule has 1 amide bonds. The van der Waals surface area contributed by atoms with Crippen molar-refractivity contribution in [2.24, 2.45) is 5.14 Å². The van der Waals surface area contributed by atoms with Gasteiger partial charge in [0.15, 0.2) is 4.34 Å². The molecule has 2 aromatic carbocycles. The number of aromatic nitrogens is 1. The first-order valence-electron chi connectivity index (χ1n) is 7.90. The summed E-state index contributed by atoms with van der Waals surface area (Å²) in [7, 11) is -3.84. The normalized spacial score (nSPS) is 11.3. The zero-order valence-electron chi connectivity index (χ0n) is 14.4. The smallest absolute Gasteiger partial charge is 0.238 e. The van der Waals surface area contributed by atoms with Crippen molar-refractivity contribution in [2.45, 2.75) is 16.2 Å². The Hall–Kier alpha value is -2.20. The number of nitrogens with two attached hydrogens (primary N) is 1. The van der Waals surface area contributed by atoms with Crippen LogP contribution >= 0.6 is 23.1 Å². The molecule has 0 aliphatic heterocycles. The van der Waals surface area contributed by atoms with Gasteiger partial charge in [0.25, 0.3) is 0 Å². The molecule has 0 bridgehead atoms. The molecule has 6 nitrogen and oxygen atoms in total. The number of aryl methyl sites for hydroxylation is 1. The van der Waals surface area contributed by atoms with Crippen LogP contribution in [0.15, 0.2) is 63.1 Å². The Balaban J connectivity index is 1.62. The number of hydrogen-bond donors (Lipinski definition) is 2. The summed E-state index contributed by atoms with van der Waals surface area (Å²) in [6, 6.07) is 14.4. The molecule has 0 radical (unpaired) electrons. The Morgan fingerprint density at radius 2 is 1.96 bits per heavy atom. The van der Waals surface area contributed by atoms with Gasteiger partial charge in [-0.15, -0.1) is 11.3 Å². The van der Waals surface area contributed by atoms with Crippen molar-refractivity contribution >= 4 is 44.7 Å². The van der Waals surface area contributed by atoms with E-state index in [4.69, 9.17) is 5.14 Å². The van der Waals surface area contributed by atoms with Crippen molar-refractivity contribution in [1.82, 2.24) is 4.98 Å². The van der Waals surface area contributed by atoms with Crippen LogP contribution in [0.4, 0.5) is 5.69 Å². The summed E-state index contributed by atoms with van der Waals surface area (Å²) in [6.07, 6.45) is 0. The average Bonchev–Trinajstić information content (AvgIpc) is 3.10. The van der Waals surface area contributed by atoms with E-state index in [9.17, 15) is 13.2 Å². The SMILES string of the molecule is Cc1ccc(NC(=O)CSc2nc(-c3ccccc3)cs2)cc1S(N)(=O)=O. The first kappa shape index (κ1) is 19.6. The molecule has 0 spiro atoms. The number of thioether (sulfide) groups is 1. The van der Waals surface area contributed by atoms with Gasteiger partial charge in [0.1, 0.15) is 0 Å². The molecular weight excluding hydrogens is 402 g/mol. The lowest BCUT2D eigenvalue weighted by molar-refractivity contribution is -0.113. The molecule has 0 aliphatic carbocycles. The third-order valence-electron chi connectivity index (χ3n) is 3.66. The minimum absolute atomic E-state index is 0.000351. The van der Waals surface area contributed by atoms with E-state index in [-0.39, 0.29) is 16.6 Å². The molecule has 0 saturated carbocycles. The fourth-order valence-corrected chi connectivity index (χ4v) is 4.82. The van der Waals surface area contributed by atoms with E-state index in [0.29, 0.717) is 11.3 Å². The number of amides is 1. The Kier molecular flexibility index (Phi) is 5.95. The molecule has 1 heterocycles. The van der Waals surface area contributed by atoms with Crippen LogP contribution in [0.1, 0.15) is 5.56 Å². The van der Waals surface area contributed by atoms with Gasteiger partial charge in [0.05, 0.1) is 16.3 Å². The number of sulfonamides is 1. The van der Waals surface area contributed by atoms with Crippen molar-refractivity contribution < 1.29 is 13.2 Å². The molecular formula is C18H17N3O3S3. The Bertz CT molecular complexity index is 1060. The van der Waals surface area contributed by atoms with Gasteiger partial charge in [0.2, 0.25) is 15.9 Å². The Morgan fingerprint density at radius 1 is 1.22 bits per heavy atom. The van der Waals surface area contributed by atoms with Crippen molar-refractivity contribution in [2.75, 3.05) is 11.1 Å². The van der Waals surface area contributed by atoms with E-state index in [0.717, 1.165) is 15.6 Å². The zero-order chi connectivity index (χ0) is 19.4. The molecule has 0 atom stereocenters. The number of benzene rings is 2. The molecule has 9 heteroatoms. The number of thiazole rings is 1. The Morgan fingerprint density at radius 3 is 2.67 bits per heavy atom. The van der Waals surface area contributed by atoms with Crippen LogP contribution in [0.2, 0.25) is 0 Å². The molecule has 140 valence electrons. The summed E-state index contributed by atoms with van der Waals surface area (Å²) >= 11 is 2.81. The average molecular weight is 420 g/mol. The summed E-state index contributed by atoms with van der Waals surface area (Å²) < 4.78 is 23.9. The van der Waals surface area contributed by atoms with E-state index >= 15 is 0 Å². The van der Waals surface area contributed by atoms with Crippen molar-refractivity contribution in [3.8, 4) is 11.3 Å². The third kappa shape index (κ3) is 5.16. The minimum atomic E-state index is -3.84. The second-order valence-corrected chi connectivity index (χ2v) is 9.34. The lowest BCUT2D eigenvalue weighted by Crippen LogP contribution is -2.17. The molecule has 1 aromatic heterocycles. The standard InChI is InChI=1S/C18H17N3O3S3/c1-12-7-8-14(9-16(12)27(19,23)24)20-17(22)11-26-18-21-15(10-25-18)13-5-3-2-4-6-13/h2-10H,11H2,1H3,(H,20,22)(H2,19,23,24). The number of hydrogen-bond acceptors (Lipinski definition) is 6. The minimum Gasteiger partial charge on any atom is -0.325 e. The lowest BCUT2D eigenvalue weighted by Gasteiger charge is -2.08. The van der Waals surface area contributed by atoms with Crippen LogP contribution in [-0.2, 0) is 14.8 Å². The van der Waals surface area contributed by atoms with Crippen LogP contribution in [0.5, 0.6) is 0 Å². The monoisotopic (exact) mass is 419 g/mol. The maximum absolute atomic E-state index is 12.2. The predicted molar refractivity (Wildman–Crippen MR) is 109 cm³/mol. The Labute approximate surface area is 165 Å². The molecule has 0 fully saturated rings. The topological polar surface area (TPSA) is 102 Å². The molecule has 0 saturated heterocycles. The lowest BCUT2D eigenvalue weighted by atomic mass is 10.2. The summed E-state index contributed by atoms with van der Waals surface area (Å²) in [5.41, 5.74) is 2.82. The van der Waals surface area contributed by atoms with Crippen LogP contribution in [0.3, 0.4) is 0 Å². The predicted octanol–water partition coefficient (Wildman–Crippen LogP) is 3.50. The largest absolute Gasteiger partial charge is 0.325 e. The zero-order valence-corrected chi connectivity index (χ0v) is 16.8. The highest BCUT2D eigenvalue weighted by molar-refractivity contribution is 8.01. The molecule has 27 heavy (non-hydrogen) atoms. The van der Waals surface area contributed by atoms with Crippen LogP contribution in [0.25, 0.3) is 11.3 Å². The highest BCUT2D eigenvalue weighted by Crippen LogP contribution is 2.28. The second-order valence-electron chi connectivity index (χ2n) is 5.73. The van der Waals surface area contributed by atoms with Gasteiger partial charge in [-0.05, 0) is 24.6 Å². The molecule has 0 unspecified atom stereocenters. The fraction of sp³-hybridized carbons (Fsp3) is 0.111. The van der Waals surface area contributed by atoms with E-state index in [2.05, 4.69) is 10.3 Å². The maximum atomic E-state index is 12.2. The molecule has 3 aromatic rings. The van der Waals surface area contributed by atoms with Gasteiger partial charge in [-0.2, -0.15) is 0 Å². The molecule has 3 rings (SSSR count). The van der Waals surface area contributed by atoms with E-state index in [1.165, 1.54) is 29.2 Å². The molecule has 0 aliphatic rings. The quantitative estimate of drug-likeness (QED) is 0.596. The number of primary sulfonamides is 1. The number of nitrogens with one attached hydrogen (secondary N) is 1. The van der Waals surface area contributed by atoms with Gasteiger partial charge in [-0.1, -0.05) is 48.2 Å². The summed E-state index contributed by atoms with van der Waals surface area (Å²) in [4.78, 5) is 16.7. The number of anilines is 1. The first-order chi connectivity index (χ1) is 12.8. The van der Waals surface area contributed by atoms with E-state index in [1.807, 2.05) is 35.7 Å². The second kappa shape index (κ2) is 8.22. The van der Waals surface area contributed by atoms with E-state index < -0.39 is 10.0 Å². The third-order valence-corrected chi connectivity index (χ3v) is 6.73. The number of carbonyl (C=O) groups excluding carboxylic acids is 1. The van der Waals surface area contributed by atoms with Crippen molar-refractivity contribution in [1.29, 1.82) is 0 Å². The fourth-order valence-electron chi connectivity index (χ4n) is 2.37. The van der Waals surface area contributed by atoms with Crippen molar-refractivity contribution in [3.05, 3.63) is 59.5 Å². The van der Waals surface area contributed by atoms with Crippen LogP contribution in [-0.4, -0.2) is 25.1 Å². The highest BCUT2D eigenvalue weighted by Gasteiger charge is 2.14. The summed E-state index contributed by atoms with van der Waals surface area (Å²) in [5, 5.41) is 9.83. The number of rotatable bonds is 6. The van der Waals surface area contributed by atoms with Gasteiger partial charge in [-0.3, -0.25) is 4.79 Å². The summed E-state index contributed by atoms with van der Waals surface area (Å²) in [5.74, 6) is -0.0824. The highest BCUT2D eigenvalue weighted by atomic mass is 32.2. The van der Waals surface area contributed by atoms with Crippen LogP contribution in [0, 0.1) is 6.92 Å². The maximum Gasteiger partial charge on any atom is 0.238 e. The first-order valence-corrected chi connectivity index (χ1v) is 11.3. The van der Waals surface area contributed by atoms with E-state index in [1.54, 1.807) is 19.1 Å². The van der Waals surface area contributed by atoms with Gasteiger partial charge in [-0.25, -0.2) is 18.5 Å².